The molecule has 1 aromatic heterocycles. The molecular formula is C21H24N2O6S2. The average Bonchev–Trinajstić information content (AvgIpc) is 3.18. The summed E-state index contributed by atoms with van der Waals surface area (Å²) in [6.45, 7) is 1.56. The van der Waals surface area contributed by atoms with Gasteiger partial charge in [0.25, 0.3) is 0 Å². The van der Waals surface area contributed by atoms with Gasteiger partial charge in [0.1, 0.15) is 16.9 Å². The van der Waals surface area contributed by atoms with E-state index < -0.39 is 25.6 Å². The van der Waals surface area contributed by atoms with Crippen molar-refractivity contribution < 1.29 is 26.4 Å². The minimum absolute atomic E-state index is 0.0222. The number of hydrogen-bond acceptors (Lipinski definition) is 6. The molecule has 0 saturated carbocycles. The van der Waals surface area contributed by atoms with Crippen molar-refractivity contribution in [1.29, 1.82) is 0 Å². The number of nitrogens with one attached hydrogen (secondary N) is 1. The zero-order valence-electron chi connectivity index (χ0n) is 17.0. The molecule has 2 heterocycles. The Labute approximate surface area is 181 Å². The molecule has 4 rings (SSSR count). The summed E-state index contributed by atoms with van der Waals surface area (Å²) >= 11 is 0. The highest BCUT2D eigenvalue weighted by atomic mass is 32.2. The van der Waals surface area contributed by atoms with E-state index in [9.17, 15) is 21.9 Å². The molecule has 10 heteroatoms. The van der Waals surface area contributed by atoms with Gasteiger partial charge in [-0.05, 0) is 56.2 Å². The van der Waals surface area contributed by atoms with E-state index in [0.717, 1.165) is 11.8 Å². The summed E-state index contributed by atoms with van der Waals surface area (Å²) in [5.74, 6) is 0.341. The summed E-state index contributed by atoms with van der Waals surface area (Å²) in [6.07, 6.45) is 1.39. The second kappa shape index (κ2) is 7.94. The first-order valence-electron chi connectivity index (χ1n) is 9.90. The number of aliphatic hydroxyl groups is 1. The van der Waals surface area contributed by atoms with Gasteiger partial charge in [-0.25, -0.2) is 21.6 Å². The first kappa shape index (κ1) is 21.8. The van der Waals surface area contributed by atoms with Crippen LogP contribution in [-0.4, -0.2) is 40.8 Å². The Bertz CT molecular complexity index is 1260. The Morgan fingerprint density at radius 1 is 1.13 bits per heavy atom. The summed E-state index contributed by atoms with van der Waals surface area (Å²) in [7, 11) is -7.30. The molecule has 0 amide bonds. The van der Waals surface area contributed by atoms with Crippen molar-refractivity contribution in [2.24, 2.45) is 0 Å². The molecule has 0 spiro atoms. The highest BCUT2D eigenvalue weighted by Gasteiger charge is 2.30. The lowest BCUT2D eigenvalue weighted by Crippen LogP contribution is -2.38. The Hall–Kier alpha value is -2.40. The number of hydrogen-bond donors (Lipinski definition) is 2. The molecule has 1 aliphatic rings. The lowest BCUT2D eigenvalue weighted by Gasteiger charge is -2.28. The molecule has 0 bridgehead atoms. The lowest BCUT2D eigenvalue weighted by atomic mass is 10.0. The Morgan fingerprint density at radius 3 is 2.52 bits per heavy atom. The second-order valence-corrected chi connectivity index (χ2v) is 11.6. The average molecular weight is 465 g/mol. The molecule has 0 aliphatic carbocycles. The third-order valence-electron chi connectivity index (χ3n) is 5.35. The highest BCUT2D eigenvalue weighted by Crippen LogP contribution is 2.28. The fraction of sp³-hybridized carbons (Fsp3) is 0.333. The maximum atomic E-state index is 12.7. The lowest BCUT2D eigenvalue weighted by molar-refractivity contribution is 0.0412. The normalized spacial score (nSPS) is 18.7. The van der Waals surface area contributed by atoms with Crippen LogP contribution in [0.15, 0.2) is 63.9 Å². The number of sulfonamides is 2. The van der Waals surface area contributed by atoms with E-state index in [-0.39, 0.29) is 23.0 Å². The summed E-state index contributed by atoms with van der Waals surface area (Å²) in [6, 6.07) is 14.6. The third-order valence-corrected chi connectivity index (χ3v) is 8.63. The molecule has 3 aromatic rings. The largest absolute Gasteiger partial charge is 0.458 e. The minimum Gasteiger partial charge on any atom is -0.458 e. The predicted octanol–water partition coefficient (Wildman–Crippen LogP) is 2.55. The van der Waals surface area contributed by atoms with E-state index in [2.05, 4.69) is 4.72 Å². The van der Waals surface area contributed by atoms with Gasteiger partial charge in [-0.1, -0.05) is 18.2 Å². The predicted molar refractivity (Wildman–Crippen MR) is 118 cm³/mol. The molecule has 1 atom stereocenters. The first-order chi connectivity index (χ1) is 14.6. The summed E-state index contributed by atoms with van der Waals surface area (Å²) in [5.41, 5.74) is -0.523. The van der Waals surface area contributed by atoms with E-state index in [0.29, 0.717) is 24.2 Å². The van der Waals surface area contributed by atoms with Crippen LogP contribution in [0.1, 0.15) is 25.5 Å². The van der Waals surface area contributed by atoms with Crippen molar-refractivity contribution in [1.82, 2.24) is 4.72 Å². The van der Waals surface area contributed by atoms with E-state index in [1.807, 2.05) is 18.2 Å². The van der Waals surface area contributed by atoms with Crippen LogP contribution in [-0.2, 0) is 25.6 Å². The zero-order chi connectivity index (χ0) is 22.3. The smallest absolute Gasteiger partial charge is 0.240 e. The van der Waals surface area contributed by atoms with Crippen molar-refractivity contribution in [3.05, 3.63) is 60.4 Å². The molecule has 31 heavy (non-hydrogen) atoms. The molecule has 2 aromatic carbocycles. The number of furan rings is 1. The van der Waals surface area contributed by atoms with Crippen LogP contribution in [0.4, 0.5) is 5.69 Å². The SMILES string of the molecule is CC(O)(CNS(=O)(=O)c1ccc(N2CCCCS2(=O)=O)cc1)c1cc2ccccc2o1. The molecule has 8 nitrogen and oxygen atoms in total. The number of para-hydroxylation sites is 1. The number of rotatable bonds is 6. The van der Waals surface area contributed by atoms with Gasteiger partial charge < -0.3 is 9.52 Å². The van der Waals surface area contributed by atoms with E-state index in [1.54, 1.807) is 12.1 Å². The molecule has 0 radical (unpaired) electrons. The van der Waals surface area contributed by atoms with Crippen molar-refractivity contribution in [3.8, 4) is 0 Å². The van der Waals surface area contributed by atoms with E-state index >= 15 is 0 Å². The second-order valence-electron chi connectivity index (χ2n) is 7.84. The van der Waals surface area contributed by atoms with Gasteiger partial charge in [0.05, 0.1) is 16.3 Å². The fourth-order valence-electron chi connectivity index (χ4n) is 3.52. The fourth-order valence-corrected chi connectivity index (χ4v) is 6.30. The summed E-state index contributed by atoms with van der Waals surface area (Å²) in [5, 5.41) is 11.6. The van der Waals surface area contributed by atoms with Crippen molar-refractivity contribution in [2.75, 3.05) is 23.1 Å². The summed E-state index contributed by atoms with van der Waals surface area (Å²) in [4.78, 5) is -0.0222. The zero-order valence-corrected chi connectivity index (χ0v) is 18.6. The Kier molecular flexibility index (Phi) is 5.59. The van der Waals surface area contributed by atoms with Crippen LogP contribution in [0.3, 0.4) is 0 Å². The first-order valence-corrected chi connectivity index (χ1v) is 13.0. The van der Waals surface area contributed by atoms with Crippen LogP contribution in [0, 0.1) is 0 Å². The number of benzene rings is 2. The Morgan fingerprint density at radius 2 is 1.84 bits per heavy atom. The molecule has 1 unspecified atom stereocenters. The monoisotopic (exact) mass is 464 g/mol. The highest BCUT2D eigenvalue weighted by molar-refractivity contribution is 7.92. The topological polar surface area (TPSA) is 117 Å². The third kappa shape index (κ3) is 4.47. The van der Waals surface area contributed by atoms with Crippen LogP contribution in [0.25, 0.3) is 11.0 Å². The molecule has 166 valence electrons. The van der Waals surface area contributed by atoms with Crippen molar-refractivity contribution in [2.45, 2.75) is 30.3 Å². The quantitative estimate of drug-likeness (QED) is 0.579. The summed E-state index contributed by atoms with van der Waals surface area (Å²) < 4.78 is 59.3. The number of nitrogens with zero attached hydrogens (tertiary/aromatic N) is 1. The van der Waals surface area contributed by atoms with Crippen LogP contribution >= 0.6 is 0 Å². The standard InChI is InChI=1S/C21H24N2O6S2/c1-21(24,20-14-16-6-2-3-7-19(16)29-20)15-22-31(27,28)18-10-8-17(9-11-18)23-12-4-5-13-30(23,25)26/h2-3,6-11,14,22,24H,4-5,12-13,15H2,1H3. The maximum Gasteiger partial charge on any atom is 0.240 e. The van der Waals surface area contributed by atoms with Gasteiger partial charge in [0, 0.05) is 18.5 Å². The van der Waals surface area contributed by atoms with Crippen LogP contribution in [0.5, 0.6) is 0 Å². The van der Waals surface area contributed by atoms with Crippen LogP contribution in [0.2, 0.25) is 0 Å². The van der Waals surface area contributed by atoms with Gasteiger partial charge in [0.15, 0.2) is 0 Å². The number of anilines is 1. The van der Waals surface area contributed by atoms with E-state index in [4.69, 9.17) is 4.42 Å². The minimum atomic E-state index is -3.93. The Balaban J connectivity index is 1.49. The van der Waals surface area contributed by atoms with Crippen molar-refractivity contribution in [3.63, 3.8) is 0 Å². The molecular weight excluding hydrogens is 440 g/mol. The van der Waals surface area contributed by atoms with Gasteiger partial charge >= 0.3 is 0 Å². The number of fused-ring (bicyclic) bond motifs is 1. The maximum absolute atomic E-state index is 12.7. The molecule has 1 saturated heterocycles. The van der Waals surface area contributed by atoms with Crippen LogP contribution < -0.4 is 9.03 Å². The van der Waals surface area contributed by atoms with Gasteiger partial charge in [-0.3, -0.25) is 4.31 Å². The van der Waals surface area contributed by atoms with Gasteiger partial charge in [-0.15, -0.1) is 0 Å². The van der Waals surface area contributed by atoms with Gasteiger partial charge in [0.2, 0.25) is 20.0 Å². The molecule has 1 aliphatic heterocycles. The molecule has 1 fully saturated rings. The van der Waals surface area contributed by atoms with E-state index in [1.165, 1.54) is 35.5 Å². The van der Waals surface area contributed by atoms with Crippen molar-refractivity contribution >= 4 is 36.7 Å². The van der Waals surface area contributed by atoms with Gasteiger partial charge in [-0.2, -0.15) is 0 Å². The molecule has 2 N–H and O–H groups in total.